The molecule has 0 aliphatic rings. The third-order valence-corrected chi connectivity index (χ3v) is 3.51. The summed E-state index contributed by atoms with van der Waals surface area (Å²) in [5.41, 5.74) is 3.00. The Hall–Kier alpha value is -1.30. The van der Waals surface area contributed by atoms with Gasteiger partial charge >= 0.3 is 0 Å². The lowest BCUT2D eigenvalue weighted by atomic mass is 10.1. The zero-order chi connectivity index (χ0) is 12.1. The van der Waals surface area contributed by atoms with Crippen molar-refractivity contribution in [3.8, 4) is 0 Å². The highest BCUT2D eigenvalue weighted by molar-refractivity contribution is 7.09. The number of pyridine rings is 1. The monoisotopic (exact) mass is 251 g/mol. The minimum absolute atomic E-state index is 0.252. The van der Waals surface area contributed by atoms with Crippen molar-refractivity contribution in [2.75, 3.05) is 0 Å². The molecule has 1 unspecified atom stereocenters. The number of aromatic nitrogens is 1. The fraction of sp³-hybridized carbons (Fsp3) is 0.250. The summed E-state index contributed by atoms with van der Waals surface area (Å²) in [4.78, 5) is 5.30. The fourth-order valence-corrected chi connectivity index (χ4v) is 2.42. The molecule has 17 heavy (non-hydrogen) atoms. The molecule has 3 N–H and O–H groups in total. The van der Waals surface area contributed by atoms with E-state index < -0.39 is 0 Å². The second-order valence-electron chi connectivity index (χ2n) is 3.71. The molecule has 0 saturated carbocycles. The molecule has 0 amide bonds. The molecule has 2 rings (SSSR count). The molecule has 5 heteroatoms. The molecule has 0 radical (unpaired) electrons. The summed E-state index contributed by atoms with van der Waals surface area (Å²) >= 11 is 1.69. The van der Waals surface area contributed by atoms with Crippen LogP contribution in [-0.4, -0.2) is 4.98 Å². The highest BCUT2D eigenvalue weighted by atomic mass is 32.1. The summed E-state index contributed by atoms with van der Waals surface area (Å²) in [5, 5.41) is 2.03. The number of hydrogen-bond donors (Lipinski definition) is 2. The zero-order valence-electron chi connectivity index (χ0n) is 9.27. The summed E-state index contributed by atoms with van der Waals surface area (Å²) in [6.45, 7) is 0. The average molecular weight is 251 g/mol. The van der Waals surface area contributed by atoms with Gasteiger partial charge in [-0.3, -0.25) is 16.3 Å². The van der Waals surface area contributed by atoms with Crippen LogP contribution in [0.1, 0.15) is 23.0 Å². The molecule has 2 aromatic rings. The van der Waals surface area contributed by atoms with Crippen molar-refractivity contribution in [1.82, 2.24) is 10.4 Å². The van der Waals surface area contributed by atoms with Crippen LogP contribution < -0.4 is 11.3 Å². The first-order valence-electron chi connectivity index (χ1n) is 5.40. The van der Waals surface area contributed by atoms with Crippen molar-refractivity contribution >= 4 is 11.3 Å². The van der Waals surface area contributed by atoms with E-state index in [0.717, 1.165) is 12.8 Å². The van der Waals surface area contributed by atoms with Gasteiger partial charge < -0.3 is 0 Å². The quantitative estimate of drug-likeness (QED) is 0.634. The minimum atomic E-state index is -0.318. The second kappa shape index (κ2) is 5.86. The van der Waals surface area contributed by atoms with Gasteiger partial charge in [0.1, 0.15) is 5.82 Å². The van der Waals surface area contributed by atoms with Crippen LogP contribution in [0.3, 0.4) is 0 Å². The van der Waals surface area contributed by atoms with Gasteiger partial charge in [0.05, 0.1) is 11.7 Å². The lowest BCUT2D eigenvalue weighted by molar-refractivity contribution is 0.472. The predicted octanol–water partition coefficient (Wildman–Crippen LogP) is 2.42. The Kier molecular flexibility index (Phi) is 4.19. The molecule has 0 aromatic carbocycles. The van der Waals surface area contributed by atoms with E-state index in [1.165, 1.54) is 10.9 Å². The first-order chi connectivity index (χ1) is 8.31. The van der Waals surface area contributed by atoms with Gasteiger partial charge in [0.2, 0.25) is 0 Å². The number of hydrogen-bond acceptors (Lipinski definition) is 4. The number of halogens is 1. The lowest BCUT2D eigenvalue weighted by Gasteiger charge is -2.15. The Labute approximate surface area is 103 Å². The molecule has 0 bridgehead atoms. The topological polar surface area (TPSA) is 50.9 Å². The van der Waals surface area contributed by atoms with Crippen molar-refractivity contribution in [2.45, 2.75) is 18.9 Å². The Morgan fingerprint density at radius 3 is 2.94 bits per heavy atom. The first-order valence-corrected chi connectivity index (χ1v) is 6.28. The molecule has 0 aliphatic heterocycles. The number of nitrogens with one attached hydrogen (secondary N) is 1. The molecule has 1 atom stereocenters. The smallest absolute Gasteiger partial charge is 0.146 e. The van der Waals surface area contributed by atoms with E-state index in [1.54, 1.807) is 23.6 Å². The van der Waals surface area contributed by atoms with Gasteiger partial charge in [-0.2, -0.15) is 0 Å². The van der Waals surface area contributed by atoms with E-state index in [1.807, 2.05) is 11.4 Å². The van der Waals surface area contributed by atoms with Crippen LogP contribution in [0.5, 0.6) is 0 Å². The number of rotatable bonds is 5. The van der Waals surface area contributed by atoms with Crippen LogP contribution in [0, 0.1) is 5.82 Å². The van der Waals surface area contributed by atoms with Crippen molar-refractivity contribution in [1.29, 1.82) is 0 Å². The van der Waals surface area contributed by atoms with Crippen molar-refractivity contribution in [2.24, 2.45) is 5.84 Å². The normalized spacial score (nSPS) is 12.6. The Morgan fingerprint density at radius 2 is 2.29 bits per heavy atom. The molecule has 0 fully saturated rings. The van der Waals surface area contributed by atoms with Gasteiger partial charge in [-0.25, -0.2) is 4.39 Å². The molecule has 3 nitrogen and oxygen atoms in total. The van der Waals surface area contributed by atoms with Crippen LogP contribution in [0.4, 0.5) is 4.39 Å². The first kappa shape index (κ1) is 12.2. The minimum Gasteiger partial charge on any atom is -0.271 e. The maximum Gasteiger partial charge on any atom is 0.146 e. The van der Waals surface area contributed by atoms with Gasteiger partial charge in [-0.1, -0.05) is 6.07 Å². The van der Waals surface area contributed by atoms with Gasteiger partial charge in [-0.15, -0.1) is 11.3 Å². The third-order valence-electron chi connectivity index (χ3n) is 2.58. The number of nitrogens with two attached hydrogens (primary N) is 1. The number of nitrogens with zero attached hydrogens (tertiary/aromatic N) is 1. The standard InChI is InChI=1S/C12H14FN3S/c13-10-4-1-7-15-12(10)11(16-14)6-5-9-3-2-8-17-9/h1-4,7-8,11,16H,5-6,14H2. The molecule has 2 heterocycles. The van der Waals surface area contributed by atoms with E-state index >= 15 is 0 Å². The Morgan fingerprint density at radius 1 is 1.41 bits per heavy atom. The molecular weight excluding hydrogens is 237 g/mol. The second-order valence-corrected chi connectivity index (χ2v) is 4.74. The van der Waals surface area contributed by atoms with Crippen molar-refractivity contribution in [3.05, 3.63) is 52.2 Å². The average Bonchev–Trinajstić information content (AvgIpc) is 2.85. The van der Waals surface area contributed by atoms with E-state index in [9.17, 15) is 4.39 Å². The van der Waals surface area contributed by atoms with E-state index in [0.29, 0.717) is 5.69 Å². The number of hydrazine groups is 1. The lowest BCUT2D eigenvalue weighted by Crippen LogP contribution is -2.29. The molecular formula is C12H14FN3S. The number of thiophene rings is 1. The van der Waals surface area contributed by atoms with E-state index in [-0.39, 0.29) is 11.9 Å². The van der Waals surface area contributed by atoms with Crippen LogP contribution in [-0.2, 0) is 6.42 Å². The summed E-state index contributed by atoms with van der Waals surface area (Å²) in [6, 6.07) is 6.79. The SMILES string of the molecule is NNC(CCc1cccs1)c1ncccc1F. The van der Waals surface area contributed by atoms with Crippen LogP contribution in [0.15, 0.2) is 35.8 Å². The maximum absolute atomic E-state index is 13.5. The summed E-state index contributed by atoms with van der Waals surface area (Å²) in [7, 11) is 0. The summed E-state index contributed by atoms with van der Waals surface area (Å²) < 4.78 is 13.5. The Balaban J connectivity index is 2.04. The molecule has 90 valence electrons. The van der Waals surface area contributed by atoms with Crippen LogP contribution in [0.2, 0.25) is 0 Å². The van der Waals surface area contributed by atoms with Gasteiger partial charge in [0, 0.05) is 11.1 Å². The highest BCUT2D eigenvalue weighted by Gasteiger charge is 2.15. The molecule has 0 saturated heterocycles. The summed E-state index contributed by atoms with van der Waals surface area (Å²) in [5.74, 6) is 5.14. The van der Waals surface area contributed by atoms with E-state index in [2.05, 4.69) is 16.5 Å². The molecule has 2 aromatic heterocycles. The highest BCUT2D eigenvalue weighted by Crippen LogP contribution is 2.20. The molecule has 0 aliphatic carbocycles. The third kappa shape index (κ3) is 3.09. The van der Waals surface area contributed by atoms with E-state index in [4.69, 9.17) is 5.84 Å². The zero-order valence-corrected chi connectivity index (χ0v) is 10.1. The van der Waals surface area contributed by atoms with Crippen molar-refractivity contribution in [3.63, 3.8) is 0 Å². The van der Waals surface area contributed by atoms with Gasteiger partial charge in [0.15, 0.2) is 0 Å². The summed E-state index contributed by atoms with van der Waals surface area (Å²) in [6.07, 6.45) is 3.17. The maximum atomic E-state index is 13.5. The Bertz CT molecular complexity index is 459. The number of aryl methyl sites for hydroxylation is 1. The largest absolute Gasteiger partial charge is 0.271 e. The van der Waals surface area contributed by atoms with Gasteiger partial charge in [-0.05, 0) is 36.4 Å². The van der Waals surface area contributed by atoms with Crippen molar-refractivity contribution < 1.29 is 4.39 Å². The fourth-order valence-electron chi connectivity index (χ4n) is 1.69. The predicted molar refractivity (Wildman–Crippen MR) is 66.9 cm³/mol. The molecule has 0 spiro atoms. The van der Waals surface area contributed by atoms with Crippen LogP contribution in [0.25, 0.3) is 0 Å². The van der Waals surface area contributed by atoms with Gasteiger partial charge in [0.25, 0.3) is 0 Å². The van der Waals surface area contributed by atoms with Crippen LogP contribution >= 0.6 is 11.3 Å².